The van der Waals surface area contributed by atoms with E-state index >= 15 is 0 Å². The highest BCUT2D eigenvalue weighted by Crippen LogP contribution is 2.37. The summed E-state index contributed by atoms with van der Waals surface area (Å²) in [4.78, 5) is 13.8. The normalized spacial score (nSPS) is 23.9. The van der Waals surface area contributed by atoms with Crippen molar-refractivity contribution < 1.29 is 24.9 Å². The molecule has 0 bridgehead atoms. The number of carbonyl (C=O) groups is 1. The van der Waals surface area contributed by atoms with Crippen molar-refractivity contribution in [3.8, 4) is 0 Å². The molecule has 6 heteroatoms. The molecule has 1 heterocycles. The molecule has 1 aliphatic carbocycles. The van der Waals surface area contributed by atoms with Crippen LogP contribution >= 0.6 is 11.3 Å². The van der Waals surface area contributed by atoms with Gasteiger partial charge in [-0.05, 0) is 69.6 Å². The van der Waals surface area contributed by atoms with E-state index in [0.717, 1.165) is 30.6 Å². The minimum Gasteiger partial charge on any atom is -0.459 e. The second kappa shape index (κ2) is 12.5. The van der Waals surface area contributed by atoms with E-state index in [-0.39, 0.29) is 23.9 Å². The molecule has 1 fully saturated rings. The van der Waals surface area contributed by atoms with Crippen LogP contribution in [0.1, 0.15) is 59.6 Å². The first-order chi connectivity index (χ1) is 15.8. The predicted octanol–water partition coefficient (Wildman–Crippen LogP) is 4.54. The van der Waals surface area contributed by atoms with E-state index in [4.69, 9.17) is 4.74 Å². The van der Waals surface area contributed by atoms with Crippen LogP contribution in [-0.4, -0.2) is 45.7 Å². The minimum absolute atomic E-state index is 0.0390. The molecule has 0 radical (unpaired) electrons. The average Bonchev–Trinajstić information content (AvgIpc) is 3.35. The highest BCUT2D eigenvalue weighted by Gasteiger charge is 2.39. The highest BCUT2D eigenvalue weighted by atomic mass is 32.1. The largest absolute Gasteiger partial charge is 0.459 e. The van der Waals surface area contributed by atoms with Crippen molar-refractivity contribution in [1.82, 2.24) is 0 Å². The molecule has 0 amide bonds. The maximum Gasteiger partial charge on any atom is 0.348 e. The van der Waals surface area contributed by atoms with Gasteiger partial charge < -0.3 is 20.1 Å². The Bertz CT molecular complexity index is 891. The van der Waals surface area contributed by atoms with Crippen molar-refractivity contribution in [3.05, 3.63) is 69.9 Å². The Morgan fingerprint density at radius 1 is 1.12 bits per heavy atom. The molecular formula is C27H36O5S. The molecule has 5 nitrogen and oxygen atoms in total. The van der Waals surface area contributed by atoms with Crippen LogP contribution in [0.25, 0.3) is 0 Å². The fourth-order valence-corrected chi connectivity index (χ4v) is 5.43. The van der Waals surface area contributed by atoms with Gasteiger partial charge in [-0.3, -0.25) is 0 Å². The van der Waals surface area contributed by atoms with Crippen molar-refractivity contribution in [1.29, 1.82) is 0 Å². The number of aliphatic hydroxyl groups excluding tert-OH is 3. The summed E-state index contributed by atoms with van der Waals surface area (Å²) in [6, 6.07) is 13.8. The van der Waals surface area contributed by atoms with Gasteiger partial charge in [0.1, 0.15) is 4.88 Å². The van der Waals surface area contributed by atoms with E-state index in [1.165, 1.54) is 16.9 Å². The van der Waals surface area contributed by atoms with Gasteiger partial charge in [-0.15, -0.1) is 11.3 Å². The second-order valence-electron chi connectivity index (χ2n) is 9.20. The molecule has 1 aromatic carbocycles. The minimum atomic E-state index is -0.596. The molecule has 0 spiro atoms. The van der Waals surface area contributed by atoms with Gasteiger partial charge in [-0.1, -0.05) is 42.5 Å². The third-order valence-corrected chi connectivity index (χ3v) is 7.33. The van der Waals surface area contributed by atoms with Crippen molar-refractivity contribution in [2.24, 2.45) is 11.8 Å². The van der Waals surface area contributed by atoms with Gasteiger partial charge in [0, 0.05) is 17.2 Å². The lowest BCUT2D eigenvalue weighted by Crippen LogP contribution is -2.21. The lowest BCUT2D eigenvalue weighted by atomic mass is 9.88. The molecule has 3 rings (SSSR count). The molecule has 1 aliphatic rings. The first-order valence-electron chi connectivity index (χ1n) is 11.9. The number of benzene rings is 1. The fourth-order valence-electron chi connectivity index (χ4n) is 4.50. The Morgan fingerprint density at radius 3 is 2.61 bits per heavy atom. The van der Waals surface area contributed by atoms with Gasteiger partial charge in [-0.2, -0.15) is 0 Å². The number of ether oxygens (including phenoxy) is 1. The number of hydrogen-bond donors (Lipinski definition) is 3. The Morgan fingerprint density at radius 2 is 1.88 bits per heavy atom. The SMILES string of the molecule is CC(C)OC(=O)c1ccc(CCC[C@@H]2[C@@H](/C=C/[C@@H](O)CCc3ccccc3)[C@H](O)C[C@@H]2O)s1. The number of esters is 1. The zero-order valence-corrected chi connectivity index (χ0v) is 20.3. The maximum atomic E-state index is 12.0. The molecule has 3 N–H and O–H groups in total. The zero-order chi connectivity index (χ0) is 23.8. The Balaban J connectivity index is 1.49. The van der Waals surface area contributed by atoms with Crippen LogP contribution in [0.5, 0.6) is 0 Å². The van der Waals surface area contributed by atoms with Crippen molar-refractivity contribution in [3.63, 3.8) is 0 Å². The fraction of sp³-hybridized carbons (Fsp3) is 0.519. The monoisotopic (exact) mass is 472 g/mol. The van der Waals surface area contributed by atoms with Crippen LogP contribution in [0.3, 0.4) is 0 Å². The third-order valence-electron chi connectivity index (χ3n) is 6.21. The van der Waals surface area contributed by atoms with E-state index in [1.807, 2.05) is 56.3 Å². The van der Waals surface area contributed by atoms with E-state index in [0.29, 0.717) is 17.7 Å². The molecule has 0 unspecified atom stereocenters. The van der Waals surface area contributed by atoms with Gasteiger partial charge in [0.05, 0.1) is 24.4 Å². The van der Waals surface area contributed by atoms with Crippen molar-refractivity contribution >= 4 is 17.3 Å². The molecule has 180 valence electrons. The average molecular weight is 473 g/mol. The van der Waals surface area contributed by atoms with Crippen LogP contribution < -0.4 is 0 Å². The Hall–Kier alpha value is -1.99. The van der Waals surface area contributed by atoms with E-state index in [1.54, 1.807) is 12.1 Å². The van der Waals surface area contributed by atoms with Gasteiger partial charge >= 0.3 is 5.97 Å². The topological polar surface area (TPSA) is 87.0 Å². The smallest absolute Gasteiger partial charge is 0.348 e. The number of thiophene rings is 1. The number of aryl methyl sites for hydroxylation is 2. The Labute approximate surface area is 200 Å². The molecule has 0 saturated heterocycles. The molecule has 5 atom stereocenters. The van der Waals surface area contributed by atoms with Crippen LogP contribution in [0, 0.1) is 11.8 Å². The van der Waals surface area contributed by atoms with E-state index in [9.17, 15) is 20.1 Å². The number of hydrogen-bond acceptors (Lipinski definition) is 6. The highest BCUT2D eigenvalue weighted by molar-refractivity contribution is 7.13. The summed E-state index contributed by atoms with van der Waals surface area (Å²) < 4.78 is 5.25. The molecule has 0 aliphatic heterocycles. The van der Waals surface area contributed by atoms with Gasteiger partial charge in [-0.25, -0.2) is 4.79 Å². The van der Waals surface area contributed by atoms with E-state index in [2.05, 4.69) is 0 Å². The van der Waals surface area contributed by atoms with Crippen LogP contribution in [0.15, 0.2) is 54.6 Å². The summed E-state index contributed by atoms with van der Waals surface area (Å²) in [6.45, 7) is 3.67. The summed E-state index contributed by atoms with van der Waals surface area (Å²) >= 11 is 1.45. The van der Waals surface area contributed by atoms with E-state index < -0.39 is 18.3 Å². The molecule has 2 aromatic rings. The quantitative estimate of drug-likeness (QED) is 0.330. The van der Waals surface area contributed by atoms with Crippen molar-refractivity contribution in [2.45, 2.75) is 76.8 Å². The lowest BCUT2D eigenvalue weighted by Gasteiger charge is -2.21. The van der Waals surface area contributed by atoms with Crippen LogP contribution in [0.2, 0.25) is 0 Å². The molecule has 1 saturated carbocycles. The van der Waals surface area contributed by atoms with Crippen molar-refractivity contribution in [2.75, 3.05) is 0 Å². The third kappa shape index (κ3) is 7.78. The summed E-state index contributed by atoms with van der Waals surface area (Å²) in [5.74, 6) is -0.485. The summed E-state index contributed by atoms with van der Waals surface area (Å²) in [7, 11) is 0. The van der Waals surface area contributed by atoms with Crippen LogP contribution in [0.4, 0.5) is 0 Å². The standard InChI is InChI=1S/C27H36O5S/c1-18(2)32-27(31)26-16-14-21(33-26)9-6-10-22-23(25(30)17-24(22)29)15-13-20(28)12-11-19-7-4-3-5-8-19/h3-5,7-8,13-16,18,20,22-25,28-30H,6,9-12,17H2,1-2H3/b15-13+/t20-,22+,23+,24-,25+/m0/s1. The van der Waals surface area contributed by atoms with Gasteiger partial charge in [0.2, 0.25) is 0 Å². The molecule has 33 heavy (non-hydrogen) atoms. The molecule has 1 aromatic heterocycles. The summed E-state index contributed by atoms with van der Waals surface area (Å²) in [5, 5.41) is 31.3. The first kappa shape index (κ1) is 25.6. The second-order valence-corrected chi connectivity index (χ2v) is 10.4. The predicted molar refractivity (Wildman–Crippen MR) is 131 cm³/mol. The van der Waals surface area contributed by atoms with Crippen LogP contribution in [-0.2, 0) is 17.6 Å². The molecular weight excluding hydrogens is 436 g/mol. The first-order valence-corrected chi connectivity index (χ1v) is 12.7. The zero-order valence-electron chi connectivity index (χ0n) is 19.5. The van der Waals surface area contributed by atoms with Gasteiger partial charge in [0.15, 0.2) is 0 Å². The maximum absolute atomic E-state index is 12.0. The number of carbonyl (C=O) groups excluding carboxylic acids is 1. The summed E-state index contributed by atoms with van der Waals surface area (Å²) in [5.41, 5.74) is 1.19. The lowest BCUT2D eigenvalue weighted by molar-refractivity contribution is 0.0383. The number of rotatable bonds is 11. The summed E-state index contributed by atoms with van der Waals surface area (Å²) in [6.07, 6.45) is 6.03. The number of aliphatic hydroxyl groups is 3. The Kier molecular flexibility index (Phi) is 9.68. The van der Waals surface area contributed by atoms with Gasteiger partial charge in [0.25, 0.3) is 0 Å².